The lowest BCUT2D eigenvalue weighted by Gasteiger charge is -2.07. The molecule has 0 amide bonds. The number of nitrogens with zero attached hydrogens (tertiary/aromatic N) is 3. The van der Waals surface area contributed by atoms with Crippen molar-refractivity contribution in [3.8, 4) is 22.7 Å². The molecule has 5 heteroatoms. The first-order chi connectivity index (χ1) is 10.6. The lowest BCUT2D eigenvalue weighted by Crippen LogP contribution is -2.04. The minimum absolute atomic E-state index is 0.218. The van der Waals surface area contributed by atoms with Gasteiger partial charge in [-0.05, 0) is 42.7 Å². The van der Waals surface area contributed by atoms with Gasteiger partial charge < -0.3 is 10.8 Å². The van der Waals surface area contributed by atoms with E-state index in [1.165, 1.54) is 5.56 Å². The molecule has 112 valence electrons. The molecule has 0 bridgehead atoms. The molecule has 1 heterocycles. The molecule has 0 atom stereocenters. The van der Waals surface area contributed by atoms with Crippen molar-refractivity contribution in [2.45, 2.75) is 20.3 Å². The Balaban J connectivity index is 2.04. The minimum Gasteiger partial charge on any atom is -0.508 e. The second kappa shape index (κ2) is 5.52. The van der Waals surface area contributed by atoms with Gasteiger partial charge in [-0.2, -0.15) is 4.68 Å². The average Bonchev–Trinajstić information content (AvgIpc) is 2.89. The van der Waals surface area contributed by atoms with Crippen LogP contribution in [0.4, 0.5) is 5.82 Å². The van der Waals surface area contributed by atoms with Gasteiger partial charge in [0.05, 0.1) is 5.69 Å². The van der Waals surface area contributed by atoms with E-state index in [1.54, 1.807) is 22.9 Å². The minimum atomic E-state index is 0.218. The van der Waals surface area contributed by atoms with Gasteiger partial charge in [0.25, 0.3) is 0 Å². The van der Waals surface area contributed by atoms with Crippen molar-refractivity contribution in [1.29, 1.82) is 0 Å². The molecule has 0 radical (unpaired) electrons. The first kappa shape index (κ1) is 14.1. The van der Waals surface area contributed by atoms with Crippen LogP contribution in [0.3, 0.4) is 0 Å². The van der Waals surface area contributed by atoms with Crippen LogP contribution >= 0.6 is 0 Å². The molecular formula is C17H18N4O. The highest BCUT2D eigenvalue weighted by Gasteiger charge is 2.14. The van der Waals surface area contributed by atoms with E-state index in [2.05, 4.69) is 29.4 Å². The molecule has 5 nitrogen and oxygen atoms in total. The molecule has 0 unspecified atom stereocenters. The summed E-state index contributed by atoms with van der Waals surface area (Å²) in [5.74, 6) is 0.702. The topological polar surface area (TPSA) is 77.0 Å². The third-order valence-corrected chi connectivity index (χ3v) is 3.75. The zero-order valence-electron chi connectivity index (χ0n) is 12.6. The molecule has 1 aromatic heterocycles. The first-order valence-corrected chi connectivity index (χ1v) is 7.20. The molecule has 3 N–H and O–H groups in total. The average molecular weight is 294 g/mol. The quantitative estimate of drug-likeness (QED) is 0.778. The fourth-order valence-corrected chi connectivity index (χ4v) is 2.45. The lowest BCUT2D eigenvalue weighted by molar-refractivity contribution is 0.474. The molecule has 0 spiro atoms. The summed E-state index contributed by atoms with van der Waals surface area (Å²) < 4.78 is 1.60. The number of hydrogen-bond acceptors (Lipinski definition) is 4. The first-order valence-electron chi connectivity index (χ1n) is 7.20. The van der Waals surface area contributed by atoms with Crippen LogP contribution in [-0.2, 0) is 6.42 Å². The van der Waals surface area contributed by atoms with E-state index in [9.17, 15) is 5.11 Å². The smallest absolute Gasteiger partial charge is 0.155 e. The van der Waals surface area contributed by atoms with Crippen molar-refractivity contribution in [3.63, 3.8) is 0 Å². The second-order valence-corrected chi connectivity index (χ2v) is 5.26. The number of phenols is 1. The Kier molecular flexibility index (Phi) is 3.55. The molecule has 3 aromatic rings. The van der Waals surface area contributed by atoms with Crippen molar-refractivity contribution in [2.24, 2.45) is 0 Å². The molecule has 0 saturated carbocycles. The Bertz CT molecular complexity index is 806. The molecule has 3 rings (SSSR count). The maximum absolute atomic E-state index is 9.51. The monoisotopic (exact) mass is 294 g/mol. The lowest BCUT2D eigenvalue weighted by atomic mass is 10.1. The maximum Gasteiger partial charge on any atom is 0.155 e. The number of aromatic nitrogens is 3. The summed E-state index contributed by atoms with van der Waals surface area (Å²) in [6.07, 6.45) is 0.995. The summed E-state index contributed by atoms with van der Waals surface area (Å²) in [6.45, 7) is 4.01. The van der Waals surface area contributed by atoms with Crippen LogP contribution in [0.2, 0.25) is 0 Å². The van der Waals surface area contributed by atoms with Crippen LogP contribution < -0.4 is 5.73 Å². The summed E-state index contributed by atoms with van der Waals surface area (Å²) in [5.41, 5.74) is 10.8. The fourth-order valence-electron chi connectivity index (χ4n) is 2.45. The van der Waals surface area contributed by atoms with Crippen molar-refractivity contribution < 1.29 is 5.11 Å². The fraction of sp³-hybridized carbons (Fsp3) is 0.176. The number of nitrogens with two attached hydrogens (primary N) is 1. The number of rotatable bonds is 3. The summed E-state index contributed by atoms with van der Waals surface area (Å²) in [5, 5.41) is 17.9. The van der Waals surface area contributed by atoms with Gasteiger partial charge >= 0.3 is 0 Å². The van der Waals surface area contributed by atoms with Crippen LogP contribution in [0.5, 0.6) is 5.75 Å². The van der Waals surface area contributed by atoms with E-state index in [-0.39, 0.29) is 5.75 Å². The Morgan fingerprint density at radius 3 is 2.50 bits per heavy atom. The van der Waals surface area contributed by atoms with Crippen LogP contribution in [0.15, 0.2) is 42.5 Å². The Hall–Kier alpha value is -2.82. The normalized spacial score (nSPS) is 10.8. The van der Waals surface area contributed by atoms with Gasteiger partial charge in [-0.15, -0.1) is 5.10 Å². The van der Waals surface area contributed by atoms with Crippen LogP contribution in [0.1, 0.15) is 18.1 Å². The van der Waals surface area contributed by atoms with Crippen molar-refractivity contribution in [2.75, 3.05) is 5.73 Å². The van der Waals surface area contributed by atoms with Crippen molar-refractivity contribution in [3.05, 3.63) is 53.6 Å². The Morgan fingerprint density at radius 1 is 1.14 bits per heavy atom. The third-order valence-electron chi connectivity index (χ3n) is 3.75. The van der Waals surface area contributed by atoms with Gasteiger partial charge in [-0.3, -0.25) is 0 Å². The number of nitrogen functional groups attached to an aromatic ring is 1. The van der Waals surface area contributed by atoms with Crippen LogP contribution in [0, 0.1) is 6.92 Å². The van der Waals surface area contributed by atoms with Gasteiger partial charge in [-0.1, -0.05) is 36.4 Å². The number of aryl methyl sites for hydroxylation is 2. The molecule has 0 fully saturated rings. The molecule has 0 aliphatic carbocycles. The zero-order valence-corrected chi connectivity index (χ0v) is 12.6. The number of anilines is 1. The van der Waals surface area contributed by atoms with Gasteiger partial charge in [0.1, 0.15) is 11.4 Å². The summed E-state index contributed by atoms with van der Waals surface area (Å²) in [6, 6.07) is 13.2. The molecule has 22 heavy (non-hydrogen) atoms. The summed E-state index contributed by atoms with van der Waals surface area (Å²) in [4.78, 5) is 0. The van der Waals surface area contributed by atoms with Gasteiger partial charge in [0, 0.05) is 5.56 Å². The van der Waals surface area contributed by atoms with E-state index in [0.717, 1.165) is 23.2 Å². The summed E-state index contributed by atoms with van der Waals surface area (Å²) >= 11 is 0. The van der Waals surface area contributed by atoms with E-state index in [1.807, 2.05) is 19.1 Å². The van der Waals surface area contributed by atoms with Gasteiger partial charge in [-0.25, -0.2) is 0 Å². The highest BCUT2D eigenvalue weighted by molar-refractivity contribution is 5.71. The molecular weight excluding hydrogens is 276 g/mol. The highest BCUT2D eigenvalue weighted by Crippen LogP contribution is 2.27. The molecule has 0 saturated heterocycles. The molecule has 0 aliphatic rings. The molecule has 2 aromatic carbocycles. The van der Waals surface area contributed by atoms with E-state index in [0.29, 0.717) is 11.5 Å². The largest absolute Gasteiger partial charge is 0.508 e. The van der Waals surface area contributed by atoms with Crippen molar-refractivity contribution in [1.82, 2.24) is 15.0 Å². The zero-order chi connectivity index (χ0) is 15.7. The Labute approximate surface area is 129 Å². The van der Waals surface area contributed by atoms with Crippen LogP contribution in [-0.4, -0.2) is 20.1 Å². The van der Waals surface area contributed by atoms with E-state index < -0.39 is 0 Å². The van der Waals surface area contributed by atoms with Gasteiger partial charge in [0.2, 0.25) is 0 Å². The number of hydrogen-bond donors (Lipinski definition) is 2. The van der Waals surface area contributed by atoms with E-state index >= 15 is 0 Å². The predicted molar refractivity (Wildman–Crippen MR) is 87.0 cm³/mol. The summed E-state index contributed by atoms with van der Waals surface area (Å²) in [7, 11) is 0. The molecule has 0 aliphatic heterocycles. The number of phenolic OH excluding ortho intramolecular Hbond substituents is 1. The second-order valence-electron chi connectivity index (χ2n) is 5.26. The number of aromatic hydroxyl groups is 1. The van der Waals surface area contributed by atoms with E-state index in [4.69, 9.17) is 5.73 Å². The Morgan fingerprint density at radius 2 is 1.86 bits per heavy atom. The standard InChI is InChI=1S/C17H18N4O/c1-3-12-4-6-13(7-5-12)16-17(18)21(20-19-16)15-9-8-14(22)10-11(15)2/h4-10,22H,3,18H2,1-2H3. The van der Waals surface area contributed by atoms with Crippen molar-refractivity contribution >= 4 is 5.82 Å². The van der Waals surface area contributed by atoms with Crippen LogP contribution in [0.25, 0.3) is 16.9 Å². The van der Waals surface area contributed by atoms with Gasteiger partial charge in [0.15, 0.2) is 5.82 Å². The highest BCUT2D eigenvalue weighted by atomic mass is 16.3. The number of benzene rings is 2. The third kappa shape index (κ3) is 2.41. The predicted octanol–water partition coefficient (Wildman–Crippen LogP) is 3.09. The maximum atomic E-state index is 9.51. The SMILES string of the molecule is CCc1ccc(-c2nnn(-c3ccc(O)cc3C)c2N)cc1.